The van der Waals surface area contributed by atoms with Crippen molar-refractivity contribution >= 4 is 21.7 Å². The van der Waals surface area contributed by atoms with Crippen LogP contribution >= 0.6 is 11.6 Å². The van der Waals surface area contributed by atoms with E-state index in [9.17, 15) is 8.42 Å². The minimum absolute atomic E-state index is 0.132. The highest BCUT2D eigenvalue weighted by Crippen LogP contribution is 2.19. The summed E-state index contributed by atoms with van der Waals surface area (Å²) in [6.45, 7) is 0. The van der Waals surface area contributed by atoms with Gasteiger partial charge in [-0.1, -0.05) is 11.6 Å². The third kappa shape index (κ3) is 2.18. The molecular weight excluding hydrogens is 214 g/mol. The molecule has 1 rings (SSSR count). The fourth-order valence-corrected chi connectivity index (χ4v) is 1.71. The van der Waals surface area contributed by atoms with Crippen LogP contribution in [-0.2, 0) is 10.1 Å². The molecule has 0 unspecified atom stereocenters. The molecule has 0 atom stereocenters. The first-order chi connectivity index (χ1) is 5.95. The molecule has 1 aromatic carbocycles. The van der Waals surface area contributed by atoms with Gasteiger partial charge in [0, 0.05) is 5.02 Å². The van der Waals surface area contributed by atoms with Gasteiger partial charge in [-0.3, -0.25) is 4.55 Å². The van der Waals surface area contributed by atoms with Gasteiger partial charge in [-0.15, -0.1) is 0 Å². The quantitative estimate of drug-likeness (QED) is 0.723. The van der Waals surface area contributed by atoms with Crippen molar-refractivity contribution in [1.82, 2.24) is 0 Å². The van der Waals surface area contributed by atoms with Crippen molar-refractivity contribution < 1.29 is 13.0 Å². The average molecular weight is 218 g/mol. The Morgan fingerprint density at radius 3 is 2.54 bits per heavy atom. The van der Waals surface area contributed by atoms with E-state index in [0.717, 1.165) is 6.07 Å². The molecule has 0 heterocycles. The van der Waals surface area contributed by atoms with Gasteiger partial charge in [0.15, 0.2) is 0 Å². The zero-order valence-corrected chi connectivity index (χ0v) is 7.80. The van der Waals surface area contributed by atoms with E-state index >= 15 is 0 Å². The lowest BCUT2D eigenvalue weighted by molar-refractivity contribution is 0.483. The molecule has 0 saturated heterocycles. The Hall–Kier alpha value is -1.09. The number of rotatable bonds is 1. The minimum Gasteiger partial charge on any atom is -0.282 e. The third-order valence-corrected chi connectivity index (χ3v) is 2.47. The first kappa shape index (κ1) is 9.99. The lowest BCUT2D eigenvalue weighted by Gasteiger charge is -1.99. The molecule has 1 aromatic rings. The smallest absolute Gasteiger partial charge is 0.282 e. The molecule has 6 heteroatoms. The molecule has 0 radical (unpaired) electrons. The summed E-state index contributed by atoms with van der Waals surface area (Å²) in [5, 5.41) is 8.65. The zero-order chi connectivity index (χ0) is 10.1. The predicted molar refractivity (Wildman–Crippen MR) is 46.0 cm³/mol. The Bertz CT molecular complexity index is 475. The molecule has 0 aliphatic carbocycles. The van der Waals surface area contributed by atoms with E-state index in [1.165, 1.54) is 12.1 Å². The molecule has 13 heavy (non-hydrogen) atoms. The Kier molecular flexibility index (Phi) is 2.57. The summed E-state index contributed by atoms with van der Waals surface area (Å²) >= 11 is 5.49. The van der Waals surface area contributed by atoms with Crippen LogP contribution in [0, 0.1) is 11.3 Å². The van der Waals surface area contributed by atoms with Crippen LogP contribution in [0.3, 0.4) is 0 Å². The Morgan fingerprint density at radius 1 is 1.46 bits per heavy atom. The second kappa shape index (κ2) is 3.34. The second-order valence-electron chi connectivity index (χ2n) is 2.23. The number of nitriles is 1. The minimum atomic E-state index is -4.38. The number of nitrogens with zero attached hydrogens (tertiary/aromatic N) is 1. The first-order valence-corrected chi connectivity index (χ1v) is 4.94. The molecule has 0 aliphatic rings. The van der Waals surface area contributed by atoms with E-state index in [-0.39, 0.29) is 10.6 Å². The van der Waals surface area contributed by atoms with E-state index in [2.05, 4.69) is 0 Å². The maximum Gasteiger partial charge on any atom is 0.295 e. The highest BCUT2D eigenvalue weighted by Gasteiger charge is 2.15. The SMILES string of the molecule is N#Cc1ccc(Cl)cc1S(=O)(=O)O. The Balaban J connectivity index is 3.53. The molecule has 68 valence electrons. The standard InChI is InChI=1S/C7H4ClNO3S/c8-6-2-1-5(4-9)7(3-6)13(10,11)12/h1-3H,(H,10,11,12). The molecule has 0 spiro atoms. The summed E-state index contributed by atoms with van der Waals surface area (Å²) in [5.74, 6) is 0. The summed E-state index contributed by atoms with van der Waals surface area (Å²) in [6.07, 6.45) is 0. The van der Waals surface area contributed by atoms with Crippen LogP contribution in [-0.4, -0.2) is 13.0 Å². The predicted octanol–water partition coefficient (Wildman–Crippen LogP) is 1.46. The zero-order valence-electron chi connectivity index (χ0n) is 6.23. The van der Waals surface area contributed by atoms with E-state index < -0.39 is 15.0 Å². The van der Waals surface area contributed by atoms with Crippen molar-refractivity contribution in [2.45, 2.75) is 4.90 Å². The molecule has 0 saturated carbocycles. The third-order valence-electron chi connectivity index (χ3n) is 1.34. The van der Waals surface area contributed by atoms with Gasteiger partial charge in [0.05, 0.1) is 5.56 Å². The van der Waals surface area contributed by atoms with Crippen LogP contribution in [0.5, 0.6) is 0 Å². The average Bonchev–Trinajstić information content (AvgIpc) is 2.03. The fraction of sp³-hybridized carbons (Fsp3) is 0. The number of hydrogen-bond donors (Lipinski definition) is 1. The summed E-state index contributed by atoms with van der Waals surface area (Å²) in [6, 6.07) is 5.25. The van der Waals surface area contributed by atoms with Crippen molar-refractivity contribution in [3.63, 3.8) is 0 Å². The van der Waals surface area contributed by atoms with Crippen LogP contribution < -0.4 is 0 Å². The van der Waals surface area contributed by atoms with Gasteiger partial charge in [-0.05, 0) is 18.2 Å². The summed E-state index contributed by atoms with van der Waals surface area (Å²) < 4.78 is 30.1. The maximum atomic E-state index is 10.7. The molecule has 0 fully saturated rings. The van der Waals surface area contributed by atoms with Crippen LogP contribution in [0.25, 0.3) is 0 Å². The lowest BCUT2D eigenvalue weighted by atomic mass is 10.2. The van der Waals surface area contributed by atoms with Crippen LogP contribution in [0.4, 0.5) is 0 Å². The number of hydrogen-bond acceptors (Lipinski definition) is 3. The van der Waals surface area contributed by atoms with Crippen molar-refractivity contribution in [1.29, 1.82) is 5.26 Å². The van der Waals surface area contributed by atoms with Gasteiger partial charge in [0.25, 0.3) is 10.1 Å². The van der Waals surface area contributed by atoms with E-state index in [0.29, 0.717) is 0 Å². The molecule has 0 bridgehead atoms. The molecule has 0 amide bonds. The van der Waals surface area contributed by atoms with Gasteiger partial charge in [-0.2, -0.15) is 13.7 Å². The van der Waals surface area contributed by atoms with Gasteiger partial charge >= 0.3 is 0 Å². The maximum absolute atomic E-state index is 10.7. The molecule has 0 aromatic heterocycles. The highest BCUT2D eigenvalue weighted by atomic mass is 35.5. The molecule has 1 N–H and O–H groups in total. The number of benzene rings is 1. The largest absolute Gasteiger partial charge is 0.295 e. The highest BCUT2D eigenvalue weighted by molar-refractivity contribution is 7.85. The number of halogens is 1. The monoisotopic (exact) mass is 217 g/mol. The van der Waals surface area contributed by atoms with Gasteiger partial charge < -0.3 is 0 Å². The summed E-state index contributed by atoms with van der Waals surface area (Å²) in [5.41, 5.74) is -0.132. The molecule has 0 aliphatic heterocycles. The van der Waals surface area contributed by atoms with Crippen LogP contribution in [0.2, 0.25) is 5.02 Å². The summed E-state index contributed by atoms with van der Waals surface area (Å²) in [4.78, 5) is -0.470. The van der Waals surface area contributed by atoms with Crippen molar-refractivity contribution in [3.8, 4) is 6.07 Å². The van der Waals surface area contributed by atoms with Crippen LogP contribution in [0.1, 0.15) is 5.56 Å². The fourth-order valence-electron chi connectivity index (χ4n) is 0.802. The summed E-state index contributed by atoms with van der Waals surface area (Å²) in [7, 11) is -4.38. The van der Waals surface area contributed by atoms with Gasteiger partial charge in [-0.25, -0.2) is 0 Å². The van der Waals surface area contributed by atoms with E-state index in [4.69, 9.17) is 21.4 Å². The second-order valence-corrected chi connectivity index (χ2v) is 4.05. The first-order valence-electron chi connectivity index (χ1n) is 3.12. The topological polar surface area (TPSA) is 78.2 Å². The Labute approximate surface area is 80.1 Å². The Morgan fingerprint density at radius 2 is 2.08 bits per heavy atom. The van der Waals surface area contributed by atoms with Crippen molar-refractivity contribution in [3.05, 3.63) is 28.8 Å². The van der Waals surface area contributed by atoms with Gasteiger partial charge in [0.2, 0.25) is 0 Å². The van der Waals surface area contributed by atoms with E-state index in [1.54, 1.807) is 6.07 Å². The van der Waals surface area contributed by atoms with Crippen molar-refractivity contribution in [2.24, 2.45) is 0 Å². The van der Waals surface area contributed by atoms with Gasteiger partial charge in [0.1, 0.15) is 11.0 Å². The lowest BCUT2D eigenvalue weighted by Crippen LogP contribution is -2.00. The molecular formula is C7H4ClNO3S. The van der Waals surface area contributed by atoms with E-state index in [1.807, 2.05) is 0 Å². The normalized spacial score (nSPS) is 10.8. The van der Waals surface area contributed by atoms with Crippen LogP contribution in [0.15, 0.2) is 23.1 Å². The van der Waals surface area contributed by atoms with Crippen molar-refractivity contribution in [2.75, 3.05) is 0 Å². The molecule has 4 nitrogen and oxygen atoms in total.